The molecule has 4 atom stereocenters. The maximum Gasteiger partial charge on any atom is 0.231 e. The minimum atomic E-state index is -0.581. The molecule has 0 amide bonds. The second-order valence-electron chi connectivity index (χ2n) is 6.79. The predicted octanol–water partition coefficient (Wildman–Crippen LogP) is 0.795. The highest BCUT2D eigenvalue weighted by molar-refractivity contribution is 5.54. The van der Waals surface area contributed by atoms with E-state index in [9.17, 15) is 10.2 Å². The van der Waals surface area contributed by atoms with E-state index in [2.05, 4.69) is 11.0 Å². The molecule has 0 radical (unpaired) electrons. The SMILES string of the molecule is COC1C=CC2(c3cc4c(cc3CO)OCO4)C(O)CN(C)C2C1. The highest BCUT2D eigenvalue weighted by Gasteiger charge is 2.55. The number of benzene rings is 1. The number of aliphatic hydroxyl groups excluding tert-OH is 2. The van der Waals surface area contributed by atoms with Gasteiger partial charge in [0.2, 0.25) is 6.79 Å². The molecule has 0 bridgehead atoms. The second-order valence-corrected chi connectivity index (χ2v) is 6.79. The van der Waals surface area contributed by atoms with Crippen LogP contribution in [-0.2, 0) is 16.8 Å². The lowest BCUT2D eigenvalue weighted by molar-refractivity contribution is 0.0771. The number of nitrogens with zero attached hydrogens (tertiary/aromatic N) is 1. The summed E-state index contributed by atoms with van der Waals surface area (Å²) >= 11 is 0. The zero-order valence-corrected chi connectivity index (χ0v) is 13.9. The van der Waals surface area contributed by atoms with E-state index in [4.69, 9.17) is 14.2 Å². The number of ether oxygens (including phenoxy) is 3. The number of likely N-dealkylation sites (tertiary alicyclic amines) is 1. The van der Waals surface area contributed by atoms with E-state index in [0.29, 0.717) is 18.0 Å². The Morgan fingerprint density at radius 3 is 2.79 bits per heavy atom. The van der Waals surface area contributed by atoms with Gasteiger partial charge in [-0.05, 0) is 36.7 Å². The lowest BCUT2D eigenvalue weighted by Crippen LogP contribution is -2.49. The molecule has 24 heavy (non-hydrogen) atoms. The Morgan fingerprint density at radius 1 is 1.33 bits per heavy atom. The van der Waals surface area contributed by atoms with Gasteiger partial charge in [-0.25, -0.2) is 0 Å². The van der Waals surface area contributed by atoms with Gasteiger partial charge in [-0.15, -0.1) is 0 Å². The predicted molar refractivity (Wildman–Crippen MR) is 87.1 cm³/mol. The molecule has 2 heterocycles. The van der Waals surface area contributed by atoms with Gasteiger partial charge >= 0.3 is 0 Å². The van der Waals surface area contributed by atoms with E-state index in [1.807, 2.05) is 25.3 Å². The molecule has 1 aromatic carbocycles. The van der Waals surface area contributed by atoms with Crippen LogP contribution in [0.2, 0.25) is 0 Å². The van der Waals surface area contributed by atoms with Crippen LogP contribution in [0.4, 0.5) is 0 Å². The Kier molecular flexibility index (Phi) is 3.80. The molecule has 3 aliphatic rings. The summed E-state index contributed by atoms with van der Waals surface area (Å²) in [5.74, 6) is 1.31. The molecule has 0 saturated carbocycles. The fraction of sp³-hybridized carbons (Fsp3) is 0.556. The van der Waals surface area contributed by atoms with Crippen molar-refractivity contribution in [1.29, 1.82) is 0 Å². The van der Waals surface area contributed by atoms with E-state index in [0.717, 1.165) is 17.5 Å². The highest BCUT2D eigenvalue weighted by atomic mass is 16.7. The van der Waals surface area contributed by atoms with Crippen molar-refractivity contribution in [3.05, 3.63) is 35.4 Å². The Balaban J connectivity index is 1.89. The lowest BCUT2D eigenvalue weighted by atomic mass is 9.66. The standard InChI is InChI=1S/C18H23NO5/c1-19-8-17(21)18(4-3-12(22-2)6-16(18)19)13-7-15-14(23-10-24-15)5-11(13)9-20/h3-5,7,12,16-17,20-21H,6,8-10H2,1-2H3. The summed E-state index contributed by atoms with van der Waals surface area (Å²) in [7, 11) is 3.72. The van der Waals surface area contributed by atoms with E-state index >= 15 is 0 Å². The van der Waals surface area contributed by atoms with Crippen LogP contribution in [0.3, 0.4) is 0 Å². The van der Waals surface area contributed by atoms with Crippen molar-refractivity contribution in [1.82, 2.24) is 4.90 Å². The zero-order valence-electron chi connectivity index (χ0n) is 13.9. The van der Waals surface area contributed by atoms with Gasteiger partial charge in [0.05, 0.1) is 24.2 Å². The minimum absolute atomic E-state index is 0.0301. The van der Waals surface area contributed by atoms with Crippen LogP contribution in [-0.4, -0.2) is 60.9 Å². The maximum atomic E-state index is 10.9. The molecule has 1 saturated heterocycles. The molecule has 4 unspecified atom stereocenters. The largest absolute Gasteiger partial charge is 0.454 e. The first-order chi connectivity index (χ1) is 11.6. The molecular formula is C18H23NO5. The summed E-state index contributed by atoms with van der Waals surface area (Å²) < 4.78 is 16.5. The van der Waals surface area contributed by atoms with Gasteiger partial charge in [0.25, 0.3) is 0 Å². The van der Waals surface area contributed by atoms with E-state index in [-0.39, 0.29) is 25.5 Å². The third-order valence-electron chi connectivity index (χ3n) is 5.68. The highest BCUT2D eigenvalue weighted by Crippen LogP contribution is 2.49. The van der Waals surface area contributed by atoms with E-state index in [1.54, 1.807) is 7.11 Å². The summed E-state index contributed by atoms with van der Waals surface area (Å²) in [5.41, 5.74) is 1.09. The van der Waals surface area contributed by atoms with Crippen molar-refractivity contribution >= 4 is 0 Å². The smallest absolute Gasteiger partial charge is 0.231 e. The Labute approximate surface area is 141 Å². The third-order valence-corrected chi connectivity index (χ3v) is 5.68. The van der Waals surface area contributed by atoms with Gasteiger partial charge in [0, 0.05) is 19.7 Å². The van der Waals surface area contributed by atoms with Crippen LogP contribution in [0.1, 0.15) is 17.5 Å². The molecule has 1 aliphatic carbocycles. The van der Waals surface area contributed by atoms with Crippen LogP contribution in [0, 0.1) is 0 Å². The Hall–Kier alpha value is -1.60. The van der Waals surface area contributed by atoms with Crippen LogP contribution < -0.4 is 9.47 Å². The van der Waals surface area contributed by atoms with Crippen LogP contribution in [0.5, 0.6) is 11.5 Å². The number of hydrogen-bond acceptors (Lipinski definition) is 6. The fourth-order valence-corrected chi connectivity index (χ4v) is 4.44. The number of methoxy groups -OCH3 is 1. The van der Waals surface area contributed by atoms with Gasteiger partial charge in [0.1, 0.15) is 0 Å². The summed E-state index contributed by atoms with van der Waals surface area (Å²) in [5, 5.41) is 20.8. The van der Waals surface area contributed by atoms with Gasteiger partial charge in [-0.3, -0.25) is 4.90 Å². The van der Waals surface area contributed by atoms with Crippen molar-refractivity contribution in [3.63, 3.8) is 0 Å². The molecule has 2 aliphatic heterocycles. The van der Waals surface area contributed by atoms with Gasteiger partial charge in [-0.1, -0.05) is 12.2 Å². The third kappa shape index (κ3) is 2.10. The van der Waals surface area contributed by atoms with Crippen molar-refractivity contribution in [2.45, 2.75) is 36.7 Å². The minimum Gasteiger partial charge on any atom is -0.454 e. The molecule has 4 rings (SSSR count). The van der Waals surface area contributed by atoms with Crippen molar-refractivity contribution < 1.29 is 24.4 Å². The van der Waals surface area contributed by atoms with Crippen LogP contribution in [0.15, 0.2) is 24.3 Å². The molecular weight excluding hydrogens is 310 g/mol. The first kappa shape index (κ1) is 15.9. The van der Waals surface area contributed by atoms with E-state index < -0.39 is 11.5 Å². The average Bonchev–Trinajstić information content (AvgIpc) is 3.16. The number of hydrogen-bond donors (Lipinski definition) is 2. The quantitative estimate of drug-likeness (QED) is 0.797. The molecule has 2 N–H and O–H groups in total. The van der Waals surface area contributed by atoms with Gasteiger partial charge in [0.15, 0.2) is 11.5 Å². The lowest BCUT2D eigenvalue weighted by Gasteiger charge is -2.42. The molecule has 130 valence electrons. The first-order valence-corrected chi connectivity index (χ1v) is 8.24. The van der Waals surface area contributed by atoms with Crippen molar-refractivity contribution in [2.24, 2.45) is 0 Å². The monoisotopic (exact) mass is 333 g/mol. The Bertz CT molecular complexity index is 676. The summed E-state index contributed by atoms with van der Waals surface area (Å²) in [6.45, 7) is 0.646. The zero-order chi connectivity index (χ0) is 16.9. The number of likely N-dealkylation sites (N-methyl/N-ethyl adjacent to an activating group) is 1. The normalized spacial score (nSPS) is 34.6. The van der Waals surface area contributed by atoms with Gasteiger partial charge < -0.3 is 24.4 Å². The molecule has 1 fully saturated rings. The first-order valence-electron chi connectivity index (χ1n) is 8.24. The van der Waals surface area contributed by atoms with Gasteiger partial charge in [-0.2, -0.15) is 0 Å². The summed E-state index contributed by atoms with van der Waals surface area (Å²) in [6.07, 6.45) is 4.33. The van der Waals surface area contributed by atoms with Crippen LogP contribution >= 0.6 is 0 Å². The van der Waals surface area contributed by atoms with Crippen molar-refractivity contribution in [2.75, 3.05) is 27.5 Å². The maximum absolute atomic E-state index is 10.9. The number of aliphatic hydroxyl groups is 2. The number of rotatable bonds is 3. The fourth-order valence-electron chi connectivity index (χ4n) is 4.44. The average molecular weight is 333 g/mol. The Morgan fingerprint density at radius 2 is 2.08 bits per heavy atom. The number of β-amino-alcohol motifs (C(OH)–C–C–N with tert-alkyl or cyclic N) is 1. The molecule has 6 nitrogen and oxygen atoms in total. The van der Waals surface area contributed by atoms with E-state index in [1.165, 1.54) is 0 Å². The number of fused-ring (bicyclic) bond motifs is 2. The van der Waals surface area contributed by atoms with Crippen LogP contribution in [0.25, 0.3) is 0 Å². The molecule has 6 heteroatoms. The van der Waals surface area contributed by atoms with Crippen molar-refractivity contribution in [3.8, 4) is 11.5 Å². The molecule has 0 spiro atoms. The molecule has 1 aromatic rings. The summed E-state index contributed by atoms with van der Waals surface area (Å²) in [4.78, 5) is 2.17. The topological polar surface area (TPSA) is 71.4 Å². The summed E-state index contributed by atoms with van der Waals surface area (Å²) in [6, 6.07) is 3.83. The second kappa shape index (κ2) is 5.74. The molecule has 0 aromatic heterocycles.